The number of benzene rings is 2. The zero-order chi connectivity index (χ0) is 21.7. The summed E-state index contributed by atoms with van der Waals surface area (Å²) in [6.45, 7) is 1.27. The third-order valence-electron chi connectivity index (χ3n) is 5.02. The molecule has 1 atom stereocenters. The van der Waals surface area contributed by atoms with Crippen molar-refractivity contribution in [2.75, 3.05) is 13.2 Å². The molecule has 162 valence electrons. The summed E-state index contributed by atoms with van der Waals surface area (Å²) in [5.74, 6) is -0.281. The molecule has 1 saturated heterocycles. The number of hydrogen-bond donors (Lipinski definition) is 2. The first kappa shape index (κ1) is 21.2. The molecule has 4 rings (SSSR count). The minimum atomic E-state index is -3.64. The molecule has 2 N–H and O–H groups in total. The Morgan fingerprint density at radius 2 is 1.90 bits per heavy atom. The highest BCUT2D eigenvalue weighted by atomic mass is 32.2. The van der Waals surface area contributed by atoms with E-state index in [4.69, 9.17) is 4.74 Å². The van der Waals surface area contributed by atoms with Gasteiger partial charge in [-0.05, 0) is 54.8 Å². The third kappa shape index (κ3) is 5.35. The lowest BCUT2D eigenvalue weighted by molar-refractivity contribution is 0.0951. The quantitative estimate of drug-likeness (QED) is 0.549. The standard InChI is InChI=1S/C21H23N5O4S/c27-21(23-12-16-3-7-18(8-4-16)26-15-22-14-24-26)17-5-9-20(10-6-17)31(28,29)25-13-19-2-1-11-30-19/h3-10,14-15,19,25H,1-2,11-13H2,(H,23,27). The van der Waals surface area contributed by atoms with E-state index in [9.17, 15) is 13.2 Å². The summed E-state index contributed by atoms with van der Waals surface area (Å²) in [5, 5.41) is 6.90. The first-order chi connectivity index (χ1) is 15.0. The molecule has 0 saturated carbocycles. The maximum absolute atomic E-state index is 12.4. The molecule has 31 heavy (non-hydrogen) atoms. The lowest BCUT2D eigenvalue weighted by atomic mass is 10.2. The Labute approximate surface area is 180 Å². The topological polar surface area (TPSA) is 115 Å². The number of hydrogen-bond acceptors (Lipinski definition) is 6. The van der Waals surface area contributed by atoms with Crippen LogP contribution in [0.2, 0.25) is 0 Å². The molecule has 1 amide bonds. The van der Waals surface area contributed by atoms with Gasteiger partial charge in [0.2, 0.25) is 10.0 Å². The average Bonchev–Trinajstić information content (AvgIpc) is 3.51. The normalized spacial score (nSPS) is 16.3. The number of carbonyl (C=O) groups excluding carboxylic acids is 1. The van der Waals surface area contributed by atoms with E-state index < -0.39 is 10.0 Å². The molecule has 0 bridgehead atoms. The zero-order valence-corrected chi connectivity index (χ0v) is 17.6. The van der Waals surface area contributed by atoms with Crippen molar-refractivity contribution in [3.05, 3.63) is 72.3 Å². The van der Waals surface area contributed by atoms with E-state index in [0.717, 1.165) is 24.1 Å². The van der Waals surface area contributed by atoms with Gasteiger partial charge in [0.1, 0.15) is 12.7 Å². The molecule has 1 fully saturated rings. The summed E-state index contributed by atoms with van der Waals surface area (Å²) in [4.78, 5) is 16.4. The van der Waals surface area contributed by atoms with Gasteiger partial charge in [-0.3, -0.25) is 4.79 Å². The number of ether oxygens (including phenoxy) is 1. The lowest BCUT2D eigenvalue weighted by Gasteiger charge is -2.12. The van der Waals surface area contributed by atoms with Crippen LogP contribution in [0.5, 0.6) is 0 Å². The Hall–Kier alpha value is -3.08. The molecule has 1 aliphatic rings. The molecular formula is C21H23N5O4S. The van der Waals surface area contributed by atoms with Gasteiger partial charge in [0, 0.05) is 25.3 Å². The molecule has 0 aliphatic carbocycles. The van der Waals surface area contributed by atoms with E-state index in [2.05, 4.69) is 20.1 Å². The van der Waals surface area contributed by atoms with Crippen LogP contribution in [-0.4, -0.2) is 48.3 Å². The second-order valence-electron chi connectivity index (χ2n) is 7.20. The molecule has 0 radical (unpaired) electrons. The van der Waals surface area contributed by atoms with Crippen molar-refractivity contribution in [1.82, 2.24) is 24.8 Å². The van der Waals surface area contributed by atoms with Gasteiger partial charge in [-0.1, -0.05) is 12.1 Å². The van der Waals surface area contributed by atoms with Crippen LogP contribution in [0.15, 0.2) is 66.1 Å². The highest BCUT2D eigenvalue weighted by molar-refractivity contribution is 7.89. The molecular weight excluding hydrogens is 418 g/mol. The van der Waals surface area contributed by atoms with Crippen LogP contribution in [0.3, 0.4) is 0 Å². The molecule has 1 unspecified atom stereocenters. The smallest absolute Gasteiger partial charge is 0.251 e. The summed E-state index contributed by atoms with van der Waals surface area (Å²) in [5.41, 5.74) is 2.18. The Morgan fingerprint density at radius 3 is 2.55 bits per heavy atom. The van der Waals surface area contributed by atoms with E-state index in [-0.39, 0.29) is 23.5 Å². The van der Waals surface area contributed by atoms with Crippen LogP contribution in [-0.2, 0) is 21.3 Å². The molecule has 9 nitrogen and oxygen atoms in total. The van der Waals surface area contributed by atoms with Crippen LogP contribution in [0.25, 0.3) is 5.69 Å². The van der Waals surface area contributed by atoms with Gasteiger partial charge < -0.3 is 10.1 Å². The number of carbonyl (C=O) groups is 1. The first-order valence-corrected chi connectivity index (χ1v) is 11.4. The average molecular weight is 442 g/mol. The van der Waals surface area contributed by atoms with Crippen LogP contribution < -0.4 is 10.0 Å². The predicted octanol–water partition coefficient (Wildman–Crippen LogP) is 1.65. The van der Waals surface area contributed by atoms with Crippen molar-refractivity contribution in [3.8, 4) is 5.69 Å². The molecule has 0 spiro atoms. The Morgan fingerprint density at radius 1 is 1.13 bits per heavy atom. The van der Waals surface area contributed by atoms with Crippen molar-refractivity contribution in [1.29, 1.82) is 0 Å². The summed E-state index contributed by atoms with van der Waals surface area (Å²) < 4.78 is 34.5. The second kappa shape index (κ2) is 9.38. The summed E-state index contributed by atoms with van der Waals surface area (Å²) in [6.07, 6.45) is 4.79. The fraction of sp³-hybridized carbons (Fsp3) is 0.286. The Balaban J connectivity index is 1.31. The third-order valence-corrected chi connectivity index (χ3v) is 6.46. The highest BCUT2D eigenvalue weighted by Gasteiger charge is 2.20. The first-order valence-electron chi connectivity index (χ1n) is 9.95. The van der Waals surface area contributed by atoms with Gasteiger partial charge in [0.15, 0.2) is 0 Å². The van der Waals surface area contributed by atoms with Crippen LogP contribution in [0, 0.1) is 0 Å². The van der Waals surface area contributed by atoms with Crippen LogP contribution >= 0.6 is 0 Å². The Kier molecular flexibility index (Phi) is 6.40. The monoisotopic (exact) mass is 441 g/mol. The van der Waals surface area contributed by atoms with Crippen molar-refractivity contribution in [3.63, 3.8) is 0 Å². The number of aromatic nitrogens is 3. The maximum atomic E-state index is 12.4. The van der Waals surface area contributed by atoms with Gasteiger partial charge in [0.05, 0.1) is 16.7 Å². The molecule has 1 aliphatic heterocycles. The van der Waals surface area contributed by atoms with E-state index in [1.54, 1.807) is 11.0 Å². The van der Waals surface area contributed by atoms with Crippen LogP contribution in [0.1, 0.15) is 28.8 Å². The number of nitrogens with one attached hydrogen (secondary N) is 2. The van der Waals surface area contributed by atoms with Gasteiger partial charge >= 0.3 is 0 Å². The summed E-state index contributed by atoms with van der Waals surface area (Å²) >= 11 is 0. The van der Waals surface area contributed by atoms with Crippen molar-refractivity contribution >= 4 is 15.9 Å². The fourth-order valence-corrected chi connectivity index (χ4v) is 4.34. The maximum Gasteiger partial charge on any atom is 0.251 e. The lowest BCUT2D eigenvalue weighted by Crippen LogP contribution is -2.31. The predicted molar refractivity (Wildman–Crippen MR) is 113 cm³/mol. The highest BCUT2D eigenvalue weighted by Crippen LogP contribution is 2.14. The van der Waals surface area contributed by atoms with Crippen molar-refractivity contribution in [2.45, 2.75) is 30.4 Å². The Bertz CT molecular complexity index is 1110. The van der Waals surface area contributed by atoms with E-state index >= 15 is 0 Å². The SMILES string of the molecule is O=C(NCc1ccc(-n2cncn2)cc1)c1ccc(S(=O)(=O)NCC2CCCO2)cc1. The van der Waals surface area contributed by atoms with Gasteiger partial charge in [-0.2, -0.15) is 5.10 Å². The number of amides is 1. The minimum Gasteiger partial charge on any atom is -0.377 e. The summed E-state index contributed by atoms with van der Waals surface area (Å²) in [6, 6.07) is 13.4. The molecule has 2 heterocycles. The van der Waals surface area contributed by atoms with Gasteiger partial charge in [0.25, 0.3) is 5.91 Å². The zero-order valence-electron chi connectivity index (χ0n) is 16.8. The molecule has 10 heteroatoms. The molecule has 1 aromatic heterocycles. The van der Waals surface area contributed by atoms with E-state index in [1.165, 1.54) is 30.6 Å². The number of rotatable bonds is 8. The largest absolute Gasteiger partial charge is 0.377 e. The molecule has 2 aromatic carbocycles. The van der Waals surface area contributed by atoms with Crippen molar-refractivity contribution in [2.24, 2.45) is 0 Å². The minimum absolute atomic E-state index is 0.0786. The number of sulfonamides is 1. The van der Waals surface area contributed by atoms with Gasteiger partial charge in [-0.15, -0.1) is 0 Å². The van der Waals surface area contributed by atoms with E-state index in [0.29, 0.717) is 18.7 Å². The van der Waals surface area contributed by atoms with Gasteiger partial charge in [-0.25, -0.2) is 22.8 Å². The number of nitrogens with zero attached hydrogens (tertiary/aromatic N) is 3. The van der Waals surface area contributed by atoms with Crippen molar-refractivity contribution < 1.29 is 17.9 Å². The van der Waals surface area contributed by atoms with E-state index in [1.807, 2.05) is 24.3 Å². The molecule has 3 aromatic rings. The second-order valence-corrected chi connectivity index (χ2v) is 8.97. The van der Waals surface area contributed by atoms with Crippen LogP contribution in [0.4, 0.5) is 0 Å². The fourth-order valence-electron chi connectivity index (χ4n) is 3.27. The summed E-state index contributed by atoms with van der Waals surface area (Å²) in [7, 11) is -3.64.